The molecule has 0 aliphatic heterocycles. The molecule has 0 spiro atoms. The van der Waals surface area contributed by atoms with Crippen molar-refractivity contribution >= 4 is 0 Å². The molecule has 3 nitrogen and oxygen atoms in total. The lowest BCUT2D eigenvalue weighted by atomic mass is 9.99. The molecule has 0 heterocycles. The second kappa shape index (κ2) is 6.39. The SMILES string of the molecule is CCOc1ccc(C(N)c2ccc(F)c(OC)c2)cc1. The number of rotatable bonds is 5. The smallest absolute Gasteiger partial charge is 0.165 e. The van der Waals surface area contributed by atoms with Gasteiger partial charge in [-0.3, -0.25) is 0 Å². The Morgan fingerprint density at radius 3 is 2.35 bits per heavy atom. The summed E-state index contributed by atoms with van der Waals surface area (Å²) in [5.74, 6) is 0.610. The Bertz CT molecular complexity index is 569. The van der Waals surface area contributed by atoms with E-state index in [-0.39, 0.29) is 11.8 Å². The summed E-state index contributed by atoms with van der Waals surface area (Å²) in [6.45, 7) is 2.56. The maximum atomic E-state index is 13.4. The number of hydrogen-bond donors (Lipinski definition) is 1. The van der Waals surface area contributed by atoms with Crippen LogP contribution in [0.25, 0.3) is 0 Å². The summed E-state index contributed by atoms with van der Waals surface area (Å²) >= 11 is 0. The molecule has 20 heavy (non-hydrogen) atoms. The first kappa shape index (κ1) is 14.3. The van der Waals surface area contributed by atoms with Crippen LogP contribution in [0.3, 0.4) is 0 Å². The molecule has 1 atom stereocenters. The molecule has 0 saturated carbocycles. The Morgan fingerprint density at radius 2 is 1.75 bits per heavy atom. The lowest BCUT2D eigenvalue weighted by molar-refractivity contribution is 0.340. The van der Waals surface area contributed by atoms with Gasteiger partial charge in [-0.25, -0.2) is 4.39 Å². The molecular weight excluding hydrogens is 257 g/mol. The highest BCUT2D eigenvalue weighted by Crippen LogP contribution is 2.26. The van der Waals surface area contributed by atoms with Crippen LogP contribution in [0.2, 0.25) is 0 Å². The van der Waals surface area contributed by atoms with Gasteiger partial charge in [0, 0.05) is 0 Å². The number of benzene rings is 2. The van der Waals surface area contributed by atoms with Crippen LogP contribution < -0.4 is 15.2 Å². The maximum absolute atomic E-state index is 13.4. The van der Waals surface area contributed by atoms with Crippen molar-refractivity contribution in [3.8, 4) is 11.5 Å². The van der Waals surface area contributed by atoms with E-state index in [1.807, 2.05) is 31.2 Å². The number of nitrogens with two attached hydrogens (primary N) is 1. The Kier molecular flexibility index (Phi) is 4.58. The van der Waals surface area contributed by atoms with Gasteiger partial charge in [0.15, 0.2) is 11.6 Å². The van der Waals surface area contributed by atoms with E-state index in [1.54, 1.807) is 12.1 Å². The number of hydrogen-bond acceptors (Lipinski definition) is 3. The van der Waals surface area contributed by atoms with Crippen LogP contribution in [0.4, 0.5) is 4.39 Å². The Labute approximate surface area is 118 Å². The summed E-state index contributed by atoms with van der Waals surface area (Å²) in [4.78, 5) is 0. The van der Waals surface area contributed by atoms with Crippen LogP contribution in [0.5, 0.6) is 11.5 Å². The molecule has 2 N–H and O–H groups in total. The van der Waals surface area contributed by atoms with E-state index in [4.69, 9.17) is 15.2 Å². The van der Waals surface area contributed by atoms with Crippen LogP contribution >= 0.6 is 0 Å². The first-order chi connectivity index (χ1) is 9.65. The van der Waals surface area contributed by atoms with Crippen molar-refractivity contribution in [2.75, 3.05) is 13.7 Å². The number of methoxy groups -OCH3 is 1. The van der Waals surface area contributed by atoms with Crippen LogP contribution in [0.1, 0.15) is 24.1 Å². The van der Waals surface area contributed by atoms with E-state index in [9.17, 15) is 4.39 Å². The molecule has 0 bridgehead atoms. The Balaban J connectivity index is 2.24. The standard InChI is InChI=1S/C16H18FNO2/c1-3-20-13-7-4-11(5-8-13)16(18)12-6-9-14(17)15(10-12)19-2/h4-10,16H,3,18H2,1-2H3. The first-order valence-electron chi connectivity index (χ1n) is 6.47. The van der Waals surface area contributed by atoms with Gasteiger partial charge in [-0.2, -0.15) is 0 Å². The molecule has 0 aliphatic rings. The van der Waals surface area contributed by atoms with Crippen LogP contribution in [-0.2, 0) is 0 Å². The van der Waals surface area contributed by atoms with Gasteiger partial charge in [-0.15, -0.1) is 0 Å². The summed E-state index contributed by atoms with van der Waals surface area (Å²) in [6, 6.07) is 11.9. The summed E-state index contributed by atoms with van der Waals surface area (Å²) < 4.78 is 23.8. The maximum Gasteiger partial charge on any atom is 0.165 e. The van der Waals surface area contributed by atoms with Crippen molar-refractivity contribution < 1.29 is 13.9 Å². The van der Waals surface area contributed by atoms with Crippen LogP contribution in [0.15, 0.2) is 42.5 Å². The molecule has 0 aromatic heterocycles. The van der Waals surface area contributed by atoms with Crippen molar-refractivity contribution in [1.82, 2.24) is 0 Å². The molecule has 0 aliphatic carbocycles. The van der Waals surface area contributed by atoms with Crippen molar-refractivity contribution in [1.29, 1.82) is 0 Å². The summed E-state index contributed by atoms with van der Waals surface area (Å²) in [6.07, 6.45) is 0. The normalized spacial score (nSPS) is 12.0. The third kappa shape index (κ3) is 3.08. The van der Waals surface area contributed by atoms with E-state index >= 15 is 0 Å². The van der Waals surface area contributed by atoms with Crippen LogP contribution in [-0.4, -0.2) is 13.7 Å². The quantitative estimate of drug-likeness (QED) is 0.910. The lowest BCUT2D eigenvalue weighted by Gasteiger charge is -2.14. The van der Waals surface area contributed by atoms with Gasteiger partial charge in [0.2, 0.25) is 0 Å². The highest BCUT2D eigenvalue weighted by molar-refractivity contribution is 5.38. The van der Waals surface area contributed by atoms with E-state index in [0.29, 0.717) is 6.61 Å². The molecule has 106 valence electrons. The van der Waals surface area contributed by atoms with Crippen molar-refractivity contribution in [2.24, 2.45) is 5.73 Å². The van der Waals surface area contributed by atoms with Gasteiger partial charge < -0.3 is 15.2 Å². The summed E-state index contributed by atoms with van der Waals surface area (Å²) in [5.41, 5.74) is 7.93. The largest absolute Gasteiger partial charge is 0.494 e. The second-order valence-electron chi connectivity index (χ2n) is 4.37. The topological polar surface area (TPSA) is 44.5 Å². The van der Waals surface area contributed by atoms with Gasteiger partial charge >= 0.3 is 0 Å². The fourth-order valence-electron chi connectivity index (χ4n) is 2.00. The van der Waals surface area contributed by atoms with Crippen LogP contribution in [0, 0.1) is 5.82 Å². The Morgan fingerprint density at radius 1 is 1.10 bits per heavy atom. The second-order valence-corrected chi connectivity index (χ2v) is 4.37. The van der Waals surface area contributed by atoms with Gasteiger partial charge in [-0.05, 0) is 42.3 Å². The molecule has 2 rings (SSSR count). The highest BCUT2D eigenvalue weighted by Gasteiger charge is 2.12. The minimum absolute atomic E-state index is 0.198. The fourth-order valence-corrected chi connectivity index (χ4v) is 2.00. The van der Waals surface area contributed by atoms with E-state index in [1.165, 1.54) is 13.2 Å². The molecular formula is C16H18FNO2. The van der Waals surface area contributed by atoms with Gasteiger partial charge in [0.25, 0.3) is 0 Å². The van der Waals surface area contributed by atoms with Crippen molar-refractivity contribution in [3.63, 3.8) is 0 Å². The van der Waals surface area contributed by atoms with E-state index in [2.05, 4.69) is 0 Å². The fraction of sp³-hybridized carbons (Fsp3) is 0.250. The summed E-state index contributed by atoms with van der Waals surface area (Å²) in [7, 11) is 1.44. The third-order valence-electron chi connectivity index (χ3n) is 3.08. The average Bonchev–Trinajstić information content (AvgIpc) is 2.48. The lowest BCUT2D eigenvalue weighted by Crippen LogP contribution is -2.12. The number of ether oxygens (including phenoxy) is 2. The Hall–Kier alpha value is -2.07. The average molecular weight is 275 g/mol. The van der Waals surface area contributed by atoms with E-state index < -0.39 is 5.82 Å². The molecule has 1 unspecified atom stereocenters. The molecule has 4 heteroatoms. The van der Waals surface area contributed by atoms with E-state index in [0.717, 1.165) is 16.9 Å². The molecule has 2 aromatic rings. The van der Waals surface area contributed by atoms with Crippen molar-refractivity contribution in [2.45, 2.75) is 13.0 Å². The minimum atomic E-state index is -0.393. The van der Waals surface area contributed by atoms with Crippen molar-refractivity contribution in [3.05, 3.63) is 59.4 Å². The minimum Gasteiger partial charge on any atom is -0.494 e. The zero-order valence-corrected chi connectivity index (χ0v) is 11.6. The molecule has 0 amide bonds. The molecule has 2 aromatic carbocycles. The van der Waals surface area contributed by atoms with Gasteiger partial charge in [-0.1, -0.05) is 18.2 Å². The third-order valence-corrected chi connectivity index (χ3v) is 3.08. The highest BCUT2D eigenvalue weighted by atomic mass is 19.1. The summed E-state index contributed by atoms with van der Waals surface area (Å²) in [5, 5.41) is 0. The van der Waals surface area contributed by atoms with Gasteiger partial charge in [0.05, 0.1) is 19.8 Å². The molecule has 0 saturated heterocycles. The molecule has 0 fully saturated rings. The predicted molar refractivity (Wildman–Crippen MR) is 76.6 cm³/mol. The number of halogens is 1. The zero-order valence-electron chi connectivity index (χ0n) is 11.6. The predicted octanol–water partition coefficient (Wildman–Crippen LogP) is 3.28. The molecule has 0 radical (unpaired) electrons. The first-order valence-corrected chi connectivity index (χ1v) is 6.47. The zero-order chi connectivity index (χ0) is 14.5. The monoisotopic (exact) mass is 275 g/mol. The van der Waals surface area contributed by atoms with Gasteiger partial charge in [0.1, 0.15) is 5.75 Å².